The van der Waals surface area contributed by atoms with E-state index in [-0.39, 0.29) is 5.76 Å². The van der Waals surface area contributed by atoms with Crippen LogP contribution in [0.25, 0.3) is 0 Å². The van der Waals surface area contributed by atoms with Crippen molar-refractivity contribution in [2.45, 2.75) is 32.3 Å². The summed E-state index contributed by atoms with van der Waals surface area (Å²) in [7, 11) is 1.47. The van der Waals surface area contributed by atoms with Crippen molar-refractivity contribution in [2.75, 3.05) is 7.11 Å². The first-order valence-corrected chi connectivity index (χ1v) is 5.04. The molecule has 0 aliphatic heterocycles. The molecule has 4 heteroatoms. The van der Waals surface area contributed by atoms with E-state index >= 15 is 0 Å². The van der Waals surface area contributed by atoms with Crippen LogP contribution in [0.5, 0.6) is 5.75 Å². The third kappa shape index (κ3) is 3.40. The second kappa shape index (κ2) is 5.56. The Balaban J connectivity index is 2.83. The zero-order chi connectivity index (χ0) is 11.3. The van der Waals surface area contributed by atoms with Gasteiger partial charge in [-0.1, -0.05) is 19.8 Å². The molecule has 1 atom stereocenters. The summed E-state index contributed by atoms with van der Waals surface area (Å²) in [6.07, 6.45) is 1.74. The molecule has 1 aromatic rings. The number of aliphatic hydroxyl groups is 1. The van der Waals surface area contributed by atoms with E-state index in [2.05, 4.69) is 0 Å². The molecule has 15 heavy (non-hydrogen) atoms. The minimum absolute atomic E-state index is 0.271. The summed E-state index contributed by atoms with van der Waals surface area (Å²) in [5.74, 6) is 0.685. The van der Waals surface area contributed by atoms with Gasteiger partial charge in [-0.15, -0.1) is 0 Å². The van der Waals surface area contributed by atoms with E-state index in [4.69, 9.17) is 9.15 Å². The second-order valence-electron chi connectivity index (χ2n) is 3.38. The van der Waals surface area contributed by atoms with Crippen molar-refractivity contribution >= 4 is 0 Å². The van der Waals surface area contributed by atoms with Gasteiger partial charge in [0.25, 0.3) is 0 Å². The molecule has 4 nitrogen and oxygen atoms in total. The molecule has 0 saturated heterocycles. The highest BCUT2D eigenvalue weighted by Crippen LogP contribution is 2.21. The van der Waals surface area contributed by atoms with E-state index in [0.29, 0.717) is 12.2 Å². The average Bonchev–Trinajstić information content (AvgIpc) is 2.24. The van der Waals surface area contributed by atoms with E-state index in [0.717, 1.165) is 12.8 Å². The average molecular weight is 212 g/mol. The standard InChI is InChI=1S/C11H16O4/c1-3-4-5-9(12)10-6-8(14-2)7-11(13)15-10/h6-7,9,12H,3-5H2,1-2H3/t9-/m0/s1. The van der Waals surface area contributed by atoms with Gasteiger partial charge in [-0.2, -0.15) is 0 Å². The van der Waals surface area contributed by atoms with Crippen LogP contribution in [0, 0.1) is 0 Å². The van der Waals surface area contributed by atoms with Crippen molar-refractivity contribution in [3.63, 3.8) is 0 Å². The first kappa shape index (κ1) is 11.8. The smallest absolute Gasteiger partial charge is 0.339 e. The number of methoxy groups -OCH3 is 1. The van der Waals surface area contributed by atoms with Crippen LogP contribution in [0.2, 0.25) is 0 Å². The fourth-order valence-electron chi connectivity index (χ4n) is 1.29. The highest BCUT2D eigenvalue weighted by molar-refractivity contribution is 5.21. The number of hydrogen-bond acceptors (Lipinski definition) is 4. The molecule has 1 aromatic heterocycles. The van der Waals surface area contributed by atoms with E-state index in [1.165, 1.54) is 13.2 Å². The molecule has 1 heterocycles. The van der Waals surface area contributed by atoms with Crippen molar-refractivity contribution in [3.05, 3.63) is 28.3 Å². The van der Waals surface area contributed by atoms with Gasteiger partial charge >= 0.3 is 5.63 Å². The van der Waals surface area contributed by atoms with Crippen LogP contribution in [0.4, 0.5) is 0 Å². The molecule has 0 bridgehead atoms. The maximum Gasteiger partial charge on any atom is 0.339 e. The Labute approximate surface area is 88.5 Å². The highest BCUT2D eigenvalue weighted by atomic mass is 16.5. The van der Waals surface area contributed by atoms with Gasteiger partial charge in [0.1, 0.15) is 17.6 Å². The predicted molar refractivity (Wildman–Crippen MR) is 56.0 cm³/mol. The summed E-state index contributed by atoms with van der Waals surface area (Å²) in [6, 6.07) is 2.79. The summed E-state index contributed by atoms with van der Waals surface area (Å²) < 4.78 is 9.81. The number of aliphatic hydroxyl groups excluding tert-OH is 1. The number of rotatable bonds is 5. The fourth-order valence-corrected chi connectivity index (χ4v) is 1.29. The molecule has 84 valence electrons. The van der Waals surface area contributed by atoms with Crippen molar-refractivity contribution < 1.29 is 14.3 Å². The molecule has 0 amide bonds. The minimum Gasteiger partial charge on any atom is -0.496 e. The normalized spacial score (nSPS) is 12.5. The molecule has 0 radical (unpaired) electrons. The van der Waals surface area contributed by atoms with E-state index in [1.807, 2.05) is 6.92 Å². The maximum atomic E-state index is 11.1. The monoisotopic (exact) mass is 212 g/mol. The largest absolute Gasteiger partial charge is 0.496 e. The number of ether oxygens (including phenoxy) is 1. The molecular weight excluding hydrogens is 196 g/mol. The Kier molecular flexibility index (Phi) is 4.37. The first-order chi connectivity index (χ1) is 7.17. The zero-order valence-electron chi connectivity index (χ0n) is 9.03. The van der Waals surface area contributed by atoms with Gasteiger partial charge in [-0.25, -0.2) is 4.79 Å². The summed E-state index contributed by atoms with van der Waals surface area (Å²) in [5, 5.41) is 9.71. The minimum atomic E-state index is -0.729. The van der Waals surface area contributed by atoms with Crippen molar-refractivity contribution in [1.82, 2.24) is 0 Å². The molecule has 0 unspecified atom stereocenters. The third-order valence-corrected chi connectivity index (χ3v) is 2.16. The molecule has 0 aliphatic carbocycles. The summed E-state index contributed by atoms with van der Waals surface area (Å²) >= 11 is 0. The Bertz CT molecular complexity index is 356. The second-order valence-corrected chi connectivity index (χ2v) is 3.38. The molecule has 0 spiro atoms. The fraction of sp³-hybridized carbons (Fsp3) is 0.545. The van der Waals surface area contributed by atoms with Crippen LogP contribution in [-0.4, -0.2) is 12.2 Å². The number of hydrogen-bond donors (Lipinski definition) is 1. The van der Waals surface area contributed by atoms with E-state index in [1.54, 1.807) is 6.07 Å². The molecule has 1 rings (SSSR count). The van der Waals surface area contributed by atoms with Crippen molar-refractivity contribution in [2.24, 2.45) is 0 Å². The van der Waals surface area contributed by atoms with Gasteiger partial charge in [-0.3, -0.25) is 0 Å². The number of unbranched alkanes of at least 4 members (excludes halogenated alkanes) is 1. The highest BCUT2D eigenvalue weighted by Gasteiger charge is 2.11. The van der Waals surface area contributed by atoms with Crippen molar-refractivity contribution in [3.8, 4) is 5.75 Å². The molecule has 0 aromatic carbocycles. The Morgan fingerprint density at radius 1 is 1.53 bits per heavy atom. The zero-order valence-corrected chi connectivity index (χ0v) is 9.03. The van der Waals surface area contributed by atoms with Crippen LogP contribution in [0.3, 0.4) is 0 Å². The Morgan fingerprint density at radius 2 is 2.27 bits per heavy atom. The van der Waals surface area contributed by atoms with Crippen LogP contribution in [0.1, 0.15) is 38.1 Å². The Hall–Kier alpha value is -1.29. The van der Waals surface area contributed by atoms with E-state index < -0.39 is 11.7 Å². The first-order valence-electron chi connectivity index (χ1n) is 5.04. The molecule has 1 N–H and O–H groups in total. The van der Waals surface area contributed by atoms with Crippen LogP contribution in [-0.2, 0) is 0 Å². The lowest BCUT2D eigenvalue weighted by atomic mass is 10.1. The van der Waals surface area contributed by atoms with Gasteiger partial charge in [0, 0.05) is 6.07 Å². The maximum absolute atomic E-state index is 11.1. The van der Waals surface area contributed by atoms with Crippen LogP contribution >= 0.6 is 0 Å². The summed E-state index contributed by atoms with van der Waals surface area (Å²) in [6.45, 7) is 2.04. The lowest BCUT2D eigenvalue weighted by molar-refractivity contribution is 0.132. The van der Waals surface area contributed by atoms with Crippen LogP contribution in [0.15, 0.2) is 21.3 Å². The molecule has 0 fully saturated rings. The molecular formula is C11H16O4. The SMILES string of the molecule is CCCC[C@H](O)c1cc(OC)cc(=O)o1. The summed E-state index contributed by atoms with van der Waals surface area (Å²) in [4.78, 5) is 11.1. The van der Waals surface area contributed by atoms with Crippen LogP contribution < -0.4 is 10.4 Å². The Morgan fingerprint density at radius 3 is 2.87 bits per heavy atom. The quantitative estimate of drug-likeness (QED) is 0.809. The van der Waals surface area contributed by atoms with Gasteiger partial charge in [0.15, 0.2) is 0 Å². The topological polar surface area (TPSA) is 59.7 Å². The van der Waals surface area contributed by atoms with E-state index in [9.17, 15) is 9.90 Å². The lowest BCUT2D eigenvalue weighted by Crippen LogP contribution is -2.05. The molecule has 0 saturated carbocycles. The van der Waals surface area contributed by atoms with Gasteiger partial charge < -0.3 is 14.3 Å². The lowest BCUT2D eigenvalue weighted by Gasteiger charge is -2.09. The predicted octanol–water partition coefficient (Wildman–Crippen LogP) is 1.87. The third-order valence-electron chi connectivity index (χ3n) is 2.16. The van der Waals surface area contributed by atoms with Gasteiger partial charge in [0.2, 0.25) is 0 Å². The van der Waals surface area contributed by atoms with Gasteiger partial charge in [-0.05, 0) is 6.42 Å². The molecule has 0 aliphatic rings. The van der Waals surface area contributed by atoms with Gasteiger partial charge in [0.05, 0.1) is 13.2 Å². The van der Waals surface area contributed by atoms with Crippen molar-refractivity contribution in [1.29, 1.82) is 0 Å². The summed E-state index contributed by atoms with van der Waals surface area (Å²) in [5.41, 5.74) is -0.500.